The maximum atomic E-state index is 12.0. The molecule has 1 amide bonds. The smallest absolute Gasteiger partial charge is 0.223 e. The summed E-state index contributed by atoms with van der Waals surface area (Å²) in [5, 5.41) is 3.02. The number of hydrogen-bond acceptors (Lipinski definition) is 2. The van der Waals surface area contributed by atoms with Crippen LogP contribution in [0.2, 0.25) is 0 Å². The highest BCUT2D eigenvalue weighted by molar-refractivity contribution is 9.10. The highest BCUT2D eigenvalue weighted by atomic mass is 79.9. The molecule has 0 heterocycles. The summed E-state index contributed by atoms with van der Waals surface area (Å²) >= 11 is 3.46. The van der Waals surface area contributed by atoms with Crippen LogP contribution in [0.15, 0.2) is 28.7 Å². The van der Waals surface area contributed by atoms with Gasteiger partial charge in [-0.2, -0.15) is 0 Å². The van der Waals surface area contributed by atoms with Crippen molar-refractivity contribution in [2.75, 3.05) is 27.2 Å². The third-order valence-electron chi connectivity index (χ3n) is 3.86. The fourth-order valence-electron chi connectivity index (χ4n) is 2.46. The van der Waals surface area contributed by atoms with Gasteiger partial charge >= 0.3 is 0 Å². The lowest BCUT2D eigenvalue weighted by Crippen LogP contribution is -2.35. The molecule has 4 heteroatoms. The molecule has 3 nitrogen and oxygen atoms in total. The van der Waals surface area contributed by atoms with Gasteiger partial charge in [0.2, 0.25) is 5.91 Å². The molecular weight excluding hydrogens is 304 g/mol. The molecule has 2 rings (SSSR count). The van der Waals surface area contributed by atoms with E-state index in [2.05, 4.69) is 45.5 Å². The summed E-state index contributed by atoms with van der Waals surface area (Å²) in [4.78, 5) is 13.9. The van der Waals surface area contributed by atoms with E-state index in [0.717, 1.165) is 17.6 Å². The van der Waals surface area contributed by atoms with Gasteiger partial charge in [-0.15, -0.1) is 0 Å². The van der Waals surface area contributed by atoms with Crippen LogP contribution in [0, 0.1) is 0 Å². The van der Waals surface area contributed by atoms with E-state index in [1.807, 2.05) is 19.0 Å². The number of halogens is 1. The average Bonchev–Trinajstić information content (AvgIpc) is 3.17. The first-order valence-corrected chi connectivity index (χ1v) is 7.51. The van der Waals surface area contributed by atoms with Gasteiger partial charge in [0.15, 0.2) is 0 Å². The molecule has 1 aliphatic carbocycles. The van der Waals surface area contributed by atoms with Crippen LogP contribution in [0.1, 0.15) is 24.8 Å². The van der Waals surface area contributed by atoms with E-state index in [1.54, 1.807) is 0 Å². The molecule has 0 saturated heterocycles. The Bertz CT molecular complexity index is 440. The molecule has 0 aromatic heterocycles. The minimum absolute atomic E-state index is 0.199. The molecule has 1 N–H and O–H groups in total. The van der Waals surface area contributed by atoms with Crippen molar-refractivity contribution in [3.8, 4) is 0 Å². The summed E-state index contributed by atoms with van der Waals surface area (Å²) in [6.07, 6.45) is 2.93. The molecule has 0 atom stereocenters. The maximum Gasteiger partial charge on any atom is 0.223 e. The molecular formula is C15H21BrN2O. The van der Waals surface area contributed by atoms with Crippen molar-refractivity contribution in [2.24, 2.45) is 0 Å². The molecule has 1 aromatic rings. The van der Waals surface area contributed by atoms with Crippen molar-refractivity contribution in [2.45, 2.75) is 24.7 Å². The lowest BCUT2D eigenvalue weighted by atomic mass is 9.95. The van der Waals surface area contributed by atoms with Gasteiger partial charge in [0.25, 0.3) is 0 Å². The molecule has 0 aliphatic heterocycles. The van der Waals surface area contributed by atoms with Gasteiger partial charge in [0.05, 0.1) is 0 Å². The number of amides is 1. The van der Waals surface area contributed by atoms with E-state index in [1.165, 1.54) is 18.4 Å². The van der Waals surface area contributed by atoms with Gasteiger partial charge in [0, 0.05) is 36.4 Å². The molecule has 1 aliphatic rings. The lowest BCUT2D eigenvalue weighted by Gasteiger charge is -2.24. The van der Waals surface area contributed by atoms with Crippen molar-refractivity contribution >= 4 is 21.8 Å². The summed E-state index contributed by atoms with van der Waals surface area (Å²) in [5.41, 5.74) is 1.55. The zero-order chi connectivity index (χ0) is 13.9. The normalized spacial score (nSPS) is 16.2. The van der Waals surface area contributed by atoms with E-state index in [-0.39, 0.29) is 11.3 Å². The van der Waals surface area contributed by atoms with Crippen LogP contribution in [0.4, 0.5) is 0 Å². The monoisotopic (exact) mass is 324 g/mol. The number of nitrogens with zero attached hydrogens (tertiary/aromatic N) is 1. The van der Waals surface area contributed by atoms with Gasteiger partial charge < -0.3 is 10.2 Å². The average molecular weight is 325 g/mol. The number of carbonyl (C=O) groups excluding carboxylic acids is 1. The van der Waals surface area contributed by atoms with Crippen molar-refractivity contribution in [3.05, 3.63) is 34.3 Å². The van der Waals surface area contributed by atoms with E-state index in [9.17, 15) is 4.79 Å². The summed E-state index contributed by atoms with van der Waals surface area (Å²) in [7, 11) is 3.79. The largest absolute Gasteiger partial charge is 0.345 e. The highest BCUT2D eigenvalue weighted by Crippen LogP contribution is 2.48. The highest BCUT2D eigenvalue weighted by Gasteiger charge is 2.45. The number of carbonyl (C=O) groups is 1. The van der Waals surface area contributed by atoms with E-state index >= 15 is 0 Å². The Labute approximate surface area is 123 Å². The summed E-state index contributed by atoms with van der Waals surface area (Å²) in [6.45, 7) is 1.58. The number of likely N-dealkylation sites (N-methyl/N-ethyl adjacent to an activating group) is 1. The zero-order valence-electron chi connectivity index (χ0n) is 11.6. The minimum atomic E-state index is 0.199. The minimum Gasteiger partial charge on any atom is -0.345 e. The molecule has 0 unspecified atom stereocenters. The van der Waals surface area contributed by atoms with Gasteiger partial charge in [-0.25, -0.2) is 0 Å². The van der Waals surface area contributed by atoms with E-state index in [4.69, 9.17) is 0 Å². The topological polar surface area (TPSA) is 32.3 Å². The second kappa shape index (κ2) is 6.06. The molecule has 1 aromatic carbocycles. The Morgan fingerprint density at radius 3 is 2.53 bits per heavy atom. The fraction of sp³-hybridized carbons (Fsp3) is 0.533. The fourth-order valence-corrected chi connectivity index (χ4v) is 2.72. The quantitative estimate of drug-likeness (QED) is 0.872. The molecule has 1 saturated carbocycles. The standard InChI is InChI=1S/C15H21BrN2O/c1-17-10-7-14(19)18(2)11-15(8-9-15)12-3-5-13(16)6-4-12/h3-6,17H,7-11H2,1-2H3. The maximum absolute atomic E-state index is 12.0. The van der Waals surface area contributed by atoms with Crippen molar-refractivity contribution in [1.82, 2.24) is 10.2 Å². The Morgan fingerprint density at radius 1 is 1.37 bits per heavy atom. The van der Waals surface area contributed by atoms with Crippen LogP contribution in [-0.2, 0) is 10.2 Å². The Balaban J connectivity index is 1.98. The summed E-state index contributed by atoms with van der Waals surface area (Å²) in [6, 6.07) is 8.50. The Hall–Kier alpha value is -0.870. The SMILES string of the molecule is CNCCC(=O)N(C)CC1(c2ccc(Br)cc2)CC1. The molecule has 1 fully saturated rings. The summed E-state index contributed by atoms with van der Waals surface area (Å²) < 4.78 is 1.10. The van der Waals surface area contributed by atoms with Gasteiger partial charge in [-0.1, -0.05) is 28.1 Å². The van der Waals surface area contributed by atoms with Crippen LogP contribution in [0.3, 0.4) is 0 Å². The molecule has 19 heavy (non-hydrogen) atoms. The zero-order valence-corrected chi connectivity index (χ0v) is 13.2. The second-order valence-corrected chi connectivity index (χ2v) is 6.31. The second-order valence-electron chi connectivity index (χ2n) is 5.39. The number of nitrogens with one attached hydrogen (secondary N) is 1. The van der Waals surface area contributed by atoms with Gasteiger partial charge in [-0.3, -0.25) is 4.79 Å². The van der Waals surface area contributed by atoms with Crippen LogP contribution in [-0.4, -0.2) is 38.0 Å². The third kappa shape index (κ3) is 3.57. The third-order valence-corrected chi connectivity index (χ3v) is 4.39. The van der Waals surface area contributed by atoms with Crippen LogP contribution in [0.25, 0.3) is 0 Å². The van der Waals surface area contributed by atoms with Crippen molar-refractivity contribution in [3.63, 3.8) is 0 Å². The van der Waals surface area contributed by atoms with E-state index in [0.29, 0.717) is 6.42 Å². The molecule has 0 radical (unpaired) electrons. The first-order chi connectivity index (χ1) is 9.07. The molecule has 104 valence electrons. The predicted molar refractivity (Wildman–Crippen MR) is 81.2 cm³/mol. The first kappa shape index (κ1) is 14.5. The predicted octanol–water partition coefficient (Wildman–Crippen LogP) is 2.55. The van der Waals surface area contributed by atoms with Crippen molar-refractivity contribution in [1.29, 1.82) is 0 Å². The number of benzene rings is 1. The van der Waals surface area contributed by atoms with Crippen LogP contribution in [0.5, 0.6) is 0 Å². The Kier molecular flexibility index (Phi) is 4.63. The number of rotatable bonds is 6. The lowest BCUT2D eigenvalue weighted by molar-refractivity contribution is -0.130. The van der Waals surface area contributed by atoms with Crippen LogP contribution < -0.4 is 5.32 Å². The first-order valence-electron chi connectivity index (χ1n) is 6.72. The van der Waals surface area contributed by atoms with Gasteiger partial charge in [0.1, 0.15) is 0 Å². The van der Waals surface area contributed by atoms with Crippen LogP contribution >= 0.6 is 15.9 Å². The van der Waals surface area contributed by atoms with Crippen molar-refractivity contribution < 1.29 is 4.79 Å². The molecule has 0 spiro atoms. The summed E-state index contributed by atoms with van der Waals surface area (Å²) in [5.74, 6) is 0.220. The Morgan fingerprint density at radius 2 is 2.00 bits per heavy atom. The molecule has 0 bridgehead atoms. The number of hydrogen-bond donors (Lipinski definition) is 1. The van der Waals surface area contributed by atoms with E-state index < -0.39 is 0 Å². The van der Waals surface area contributed by atoms with Gasteiger partial charge in [-0.05, 0) is 37.6 Å².